The summed E-state index contributed by atoms with van der Waals surface area (Å²) < 4.78 is 14.6. The molecule has 150 valence electrons. The van der Waals surface area contributed by atoms with Crippen LogP contribution in [0.2, 0.25) is 0 Å². The Labute approximate surface area is 174 Å². The first-order valence-electron chi connectivity index (χ1n) is 9.82. The predicted octanol–water partition coefficient (Wildman–Crippen LogP) is 5.63. The molecule has 1 atom stereocenters. The first-order valence-corrected chi connectivity index (χ1v) is 9.82. The van der Waals surface area contributed by atoms with Crippen LogP contribution in [0.15, 0.2) is 78.9 Å². The number of hydrogen-bond acceptors (Lipinski definition) is 3. The highest BCUT2D eigenvalue weighted by molar-refractivity contribution is 6.10. The molecule has 30 heavy (non-hydrogen) atoms. The number of para-hydroxylation sites is 1. The van der Waals surface area contributed by atoms with Crippen molar-refractivity contribution in [2.45, 2.75) is 19.4 Å². The summed E-state index contributed by atoms with van der Waals surface area (Å²) in [5.74, 6) is -1.29. The highest BCUT2D eigenvalue weighted by atomic mass is 19.1. The maximum atomic E-state index is 14.6. The van der Waals surface area contributed by atoms with Crippen molar-refractivity contribution in [2.75, 3.05) is 0 Å². The number of carbonyl (C=O) groups excluding carboxylic acids is 1. The molecule has 4 rings (SSSR count). The number of rotatable bonds is 5. The number of hydrogen-bond donors (Lipinski definition) is 2. The van der Waals surface area contributed by atoms with E-state index in [1.165, 1.54) is 12.1 Å². The molecule has 0 spiro atoms. The Hall–Kier alpha value is -3.73. The first-order chi connectivity index (χ1) is 14.6. The van der Waals surface area contributed by atoms with E-state index < -0.39 is 11.7 Å². The maximum Gasteiger partial charge on any atom is 0.256 e. The average Bonchev–Trinajstić information content (AvgIpc) is 2.78. The highest BCUT2D eigenvalue weighted by Gasteiger charge is 2.24. The number of aromatic hydroxyl groups is 1. The minimum atomic E-state index is -0.547. The molecular formula is C25H21FN2O2. The minimum Gasteiger partial charge on any atom is -0.505 e. The fourth-order valence-electron chi connectivity index (χ4n) is 3.61. The van der Waals surface area contributed by atoms with Crippen LogP contribution >= 0.6 is 0 Å². The second kappa shape index (κ2) is 8.33. The third-order valence-corrected chi connectivity index (χ3v) is 5.13. The number of amides is 1. The molecule has 5 heteroatoms. The Kier molecular flexibility index (Phi) is 5.44. The maximum absolute atomic E-state index is 14.6. The number of pyridine rings is 1. The van der Waals surface area contributed by atoms with Gasteiger partial charge in [-0.1, -0.05) is 79.7 Å². The zero-order valence-corrected chi connectivity index (χ0v) is 16.5. The van der Waals surface area contributed by atoms with Crippen LogP contribution < -0.4 is 5.32 Å². The molecule has 4 nitrogen and oxygen atoms in total. The Morgan fingerprint density at radius 1 is 1.00 bits per heavy atom. The van der Waals surface area contributed by atoms with Crippen molar-refractivity contribution in [2.24, 2.45) is 0 Å². The van der Waals surface area contributed by atoms with Crippen LogP contribution in [0.4, 0.5) is 4.39 Å². The number of carbonyl (C=O) groups is 1. The zero-order valence-electron chi connectivity index (χ0n) is 16.5. The molecule has 1 aromatic heterocycles. The van der Waals surface area contributed by atoms with E-state index in [1.807, 2.05) is 43.3 Å². The summed E-state index contributed by atoms with van der Waals surface area (Å²) in [7, 11) is 0. The molecule has 0 radical (unpaired) electrons. The Balaban J connectivity index is 1.86. The Morgan fingerprint density at radius 2 is 1.67 bits per heavy atom. The summed E-state index contributed by atoms with van der Waals surface area (Å²) in [6.45, 7) is 1.97. The number of halogens is 1. The lowest BCUT2D eigenvalue weighted by atomic mass is 10.00. The van der Waals surface area contributed by atoms with Crippen LogP contribution in [0.5, 0.6) is 5.75 Å². The van der Waals surface area contributed by atoms with Crippen molar-refractivity contribution in [3.05, 3.63) is 95.8 Å². The second-order valence-electron chi connectivity index (χ2n) is 7.03. The topological polar surface area (TPSA) is 62.2 Å². The average molecular weight is 400 g/mol. The monoisotopic (exact) mass is 400 g/mol. The Bertz CT molecular complexity index is 1190. The minimum absolute atomic E-state index is 0.0211. The van der Waals surface area contributed by atoms with Gasteiger partial charge in [-0.3, -0.25) is 4.79 Å². The highest BCUT2D eigenvalue weighted by Crippen LogP contribution is 2.36. The molecule has 0 unspecified atom stereocenters. The van der Waals surface area contributed by atoms with E-state index in [2.05, 4.69) is 10.3 Å². The third kappa shape index (κ3) is 3.62. The van der Waals surface area contributed by atoms with Crippen LogP contribution in [0.25, 0.3) is 22.2 Å². The molecule has 0 fully saturated rings. The number of aromatic nitrogens is 1. The van der Waals surface area contributed by atoms with Crippen molar-refractivity contribution in [1.82, 2.24) is 10.3 Å². The van der Waals surface area contributed by atoms with Gasteiger partial charge in [-0.05, 0) is 18.1 Å². The molecule has 3 aromatic carbocycles. The number of nitrogens with zero attached hydrogens (tertiary/aromatic N) is 1. The van der Waals surface area contributed by atoms with Crippen LogP contribution in [-0.2, 0) is 0 Å². The van der Waals surface area contributed by atoms with Gasteiger partial charge in [0.2, 0.25) is 0 Å². The molecule has 2 N–H and O–H groups in total. The molecule has 1 heterocycles. The first kappa shape index (κ1) is 19.6. The summed E-state index contributed by atoms with van der Waals surface area (Å²) in [6.07, 6.45) is 0.666. The molecule has 0 aliphatic rings. The van der Waals surface area contributed by atoms with Gasteiger partial charge in [0.15, 0.2) is 5.75 Å². The second-order valence-corrected chi connectivity index (χ2v) is 7.03. The van der Waals surface area contributed by atoms with Crippen LogP contribution in [0.3, 0.4) is 0 Å². The lowest BCUT2D eigenvalue weighted by Gasteiger charge is -2.19. The van der Waals surface area contributed by atoms with Crippen LogP contribution in [-0.4, -0.2) is 16.0 Å². The summed E-state index contributed by atoms with van der Waals surface area (Å²) in [5.41, 5.74) is 1.80. The normalized spacial score (nSPS) is 11.9. The van der Waals surface area contributed by atoms with Gasteiger partial charge in [-0.25, -0.2) is 9.37 Å². The van der Waals surface area contributed by atoms with E-state index in [0.717, 1.165) is 5.56 Å². The fourth-order valence-corrected chi connectivity index (χ4v) is 3.61. The summed E-state index contributed by atoms with van der Waals surface area (Å²) in [6, 6.07) is 22.7. The number of fused-ring (bicyclic) bond motifs is 1. The van der Waals surface area contributed by atoms with Gasteiger partial charge in [0.05, 0.1) is 11.6 Å². The molecule has 0 saturated carbocycles. The molecule has 0 aliphatic carbocycles. The largest absolute Gasteiger partial charge is 0.505 e. The van der Waals surface area contributed by atoms with Gasteiger partial charge in [0.1, 0.15) is 17.0 Å². The van der Waals surface area contributed by atoms with Crippen molar-refractivity contribution < 1.29 is 14.3 Å². The van der Waals surface area contributed by atoms with Gasteiger partial charge in [-0.2, -0.15) is 0 Å². The van der Waals surface area contributed by atoms with Gasteiger partial charge in [-0.15, -0.1) is 0 Å². The van der Waals surface area contributed by atoms with Crippen LogP contribution in [0, 0.1) is 5.82 Å². The van der Waals surface area contributed by atoms with Crippen molar-refractivity contribution >= 4 is 16.8 Å². The van der Waals surface area contributed by atoms with E-state index in [0.29, 0.717) is 12.0 Å². The van der Waals surface area contributed by atoms with Gasteiger partial charge in [0, 0.05) is 10.9 Å². The smallest absolute Gasteiger partial charge is 0.256 e. The Morgan fingerprint density at radius 3 is 2.33 bits per heavy atom. The molecule has 0 bridgehead atoms. The lowest BCUT2D eigenvalue weighted by molar-refractivity contribution is 0.0934. The van der Waals surface area contributed by atoms with Crippen LogP contribution in [0.1, 0.15) is 35.3 Å². The van der Waals surface area contributed by atoms with E-state index in [1.54, 1.807) is 30.3 Å². The van der Waals surface area contributed by atoms with E-state index in [9.17, 15) is 14.3 Å². The number of benzene rings is 3. The van der Waals surface area contributed by atoms with Crippen molar-refractivity contribution in [3.8, 4) is 17.0 Å². The van der Waals surface area contributed by atoms with Gasteiger partial charge < -0.3 is 10.4 Å². The third-order valence-electron chi connectivity index (χ3n) is 5.13. The zero-order chi connectivity index (χ0) is 21.1. The van der Waals surface area contributed by atoms with Gasteiger partial charge >= 0.3 is 0 Å². The molecular weight excluding hydrogens is 379 g/mol. The number of nitrogens with one attached hydrogen (secondary N) is 1. The van der Waals surface area contributed by atoms with E-state index in [-0.39, 0.29) is 34.0 Å². The van der Waals surface area contributed by atoms with Crippen molar-refractivity contribution in [3.63, 3.8) is 0 Å². The predicted molar refractivity (Wildman–Crippen MR) is 116 cm³/mol. The molecule has 1 amide bonds. The SMILES string of the molecule is CC[C@H](NC(=O)c1c(O)c(-c2ccccc2)nc2c(F)cccc12)c1ccccc1. The fraction of sp³-hybridized carbons (Fsp3) is 0.120. The van der Waals surface area contributed by atoms with E-state index >= 15 is 0 Å². The molecule has 0 saturated heterocycles. The summed E-state index contributed by atoms with van der Waals surface area (Å²) >= 11 is 0. The summed E-state index contributed by atoms with van der Waals surface area (Å²) in [4.78, 5) is 17.6. The summed E-state index contributed by atoms with van der Waals surface area (Å²) in [5, 5.41) is 14.3. The molecule has 4 aromatic rings. The van der Waals surface area contributed by atoms with Gasteiger partial charge in [0.25, 0.3) is 5.91 Å². The lowest BCUT2D eigenvalue weighted by Crippen LogP contribution is -2.28. The quantitative estimate of drug-likeness (QED) is 0.457. The standard InChI is InChI=1S/C25H21FN2O2/c1-2-20(16-10-5-3-6-11-16)27-25(30)21-18-14-9-15-19(26)23(18)28-22(24(21)29)17-12-7-4-8-13-17/h3-15,20,29H,2H2,1H3,(H,27,30)/t20-/m0/s1. The van der Waals surface area contributed by atoms with Crippen molar-refractivity contribution in [1.29, 1.82) is 0 Å². The molecule has 0 aliphatic heterocycles. The van der Waals surface area contributed by atoms with E-state index in [4.69, 9.17) is 0 Å².